The SMILES string of the molecule is CCN1CCCCC1CNC(=NC)NC1CCN(CC2CCOC2)CC1. The molecule has 3 rings (SSSR count). The van der Waals surface area contributed by atoms with Gasteiger partial charge in [-0.05, 0) is 51.1 Å². The van der Waals surface area contributed by atoms with Gasteiger partial charge in [0.2, 0.25) is 0 Å². The minimum Gasteiger partial charge on any atom is -0.381 e. The smallest absolute Gasteiger partial charge is 0.191 e. The number of piperidine rings is 2. The highest BCUT2D eigenvalue weighted by Gasteiger charge is 2.25. The fourth-order valence-electron chi connectivity index (χ4n) is 4.66. The third-order valence-electron chi connectivity index (χ3n) is 6.35. The molecular weight excluding hydrogens is 326 g/mol. The lowest BCUT2D eigenvalue weighted by molar-refractivity contribution is 0.149. The van der Waals surface area contributed by atoms with E-state index in [1.54, 1.807) is 0 Å². The topological polar surface area (TPSA) is 52.1 Å². The third kappa shape index (κ3) is 5.83. The lowest BCUT2D eigenvalue weighted by Crippen LogP contribution is -2.52. The average Bonchev–Trinajstić information content (AvgIpc) is 3.19. The number of hydrogen-bond acceptors (Lipinski definition) is 4. The van der Waals surface area contributed by atoms with Crippen LogP contribution in [0.1, 0.15) is 45.4 Å². The molecule has 6 heteroatoms. The maximum absolute atomic E-state index is 5.51. The Hall–Kier alpha value is -0.850. The van der Waals surface area contributed by atoms with Gasteiger partial charge in [-0.1, -0.05) is 13.3 Å². The van der Waals surface area contributed by atoms with Crippen LogP contribution in [0.25, 0.3) is 0 Å². The van der Waals surface area contributed by atoms with Gasteiger partial charge in [0.05, 0.1) is 6.61 Å². The number of ether oxygens (including phenoxy) is 1. The van der Waals surface area contributed by atoms with E-state index in [2.05, 4.69) is 32.3 Å². The van der Waals surface area contributed by atoms with Crippen molar-refractivity contribution in [3.8, 4) is 0 Å². The van der Waals surface area contributed by atoms with Gasteiger partial charge in [-0.25, -0.2) is 0 Å². The number of nitrogens with zero attached hydrogens (tertiary/aromatic N) is 3. The molecule has 0 bridgehead atoms. The zero-order chi connectivity index (χ0) is 18.2. The maximum atomic E-state index is 5.51. The van der Waals surface area contributed by atoms with E-state index in [-0.39, 0.29) is 0 Å². The molecule has 0 saturated carbocycles. The summed E-state index contributed by atoms with van der Waals surface area (Å²) >= 11 is 0. The van der Waals surface area contributed by atoms with Gasteiger partial charge in [0.15, 0.2) is 5.96 Å². The van der Waals surface area contributed by atoms with Gasteiger partial charge in [-0.2, -0.15) is 0 Å². The number of likely N-dealkylation sites (N-methyl/N-ethyl adjacent to an activating group) is 1. The molecule has 3 heterocycles. The molecule has 2 N–H and O–H groups in total. The van der Waals surface area contributed by atoms with Crippen LogP contribution >= 0.6 is 0 Å². The summed E-state index contributed by atoms with van der Waals surface area (Å²) < 4.78 is 5.51. The summed E-state index contributed by atoms with van der Waals surface area (Å²) in [5.74, 6) is 1.74. The molecule has 3 saturated heterocycles. The van der Waals surface area contributed by atoms with Crippen molar-refractivity contribution in [3.63, 3.8) is 0 Å². The van der Waals surface area contributed by atoms with Gasteiger partial charge in [0.1, 0.15) is 0 Å². The highest BCUT2D eigenvalue weighted by molar-refractivity contribution is 5.80. The van der Waals surface area contributed by atoms with Gasteiger partial charge in [-0.3, -0.25) is 9.89 Å². The van der Waals surface area contributed by atoms with Crippen molar-refractivity contribution in [2.24, 2.45) is 10.9 Å². The van der Waals surface area contributed by atoms with Crippen molar-refractivity contribution in [3.05, 3.63) is 0 Å². The highest BCUT2D eigenvalue weighted by Crippen LogP contribution is 2.18. The molecule has 3 aliphatic rings. The van der Waals surface area contributed by atoms with E-state index in [0.29, 0.717) is 12.1 Å². The van der Waals surface area contributed by atoms with Gasteiger partial charge >= 0.3 is 0 Å². The van der Waals surface area contributed by atoms with E-state index in [9.17, 15) is 0 Å². The van der Waals surface area contributed by atoms with Crippen molar-refractivity contribution in [2.75, 3.05) is 59.5 Å². The number of nitrogens with one attached hydrogen (secondary N) is 2. The second-order valence-electron chi connectivity index (χ2n) is 8.18. The second-order valence-corrected chi connectivity index (χ2v) is 8.18. The molecule has 26 heavy (non-hydrogen) atoms. The van der Waals surface area contributed by atoms with Crippen molar-refractivity contribution >= 4 is 5.96 Å². The first-order valence-electron chi connectivity index (χ1n) is 10.8. The van der Waals surface area contributed by atoms with Crippen molar-refractivity contribution in [1.82, 2.24) is 20.4 Å². The van der Waals surface area contributed by atoms with E-state index >= 15 is 0 Å². The third-order valence-corrected chi connectivity index (χ3v) is 6.35. The molecule has 0 spiro atoms. The molecule has 0 aliphatic carbocycles. The summed E-state index contributed by atoms with van der Waals surface area (Å²) in [5, 5.41) is 7.25. The van der Waals surface area contributed by atoms with Crippen LogP contribution in [-0.2, 0) is 4.74 Å². The van der Waals surface area contributed by atoms with E-state index < -0.39 is 0 Å². The molecule has 0 aromatic rings. The average molecular weight is 366 g/mol. The number of rotatable bonds is 6. The highest BCUT2D eigenvalue weighted by atomic mass is 16.5. The quantitative estimate of drug-likeness (QED) is 0.552. The van der Waals surface area contributed by atoms with Crippen LogP contribution in [0.15, 0.2) is 4.99 Å². The molecule has 2 atom stereocenters. The van der Waals surface area contributed by atoms with E-state index in [1.165, 1.54) is 64.7 Å². The molecule has 3 aliphatic heterocycles. The maximum Gasteiger partial charge on any atom is 0.191 e. The molecule has 0 radical (unpaired) electrons. The Morgan fingerprint density at radius 3 is 2.65 bits per heavy atom. The van der Waals surface area contributed by atoms with E-state index in [1.807, 2.05) is 7.05 Å². The predicted octanol–water partition coefficient (Wildman–Crippen LogP) is 1.53. The van der Waals surface area contributed by atoms with Crippen LogP contribution < -0.4 is 10.6 Å². The fourth-order valence-corrected chi connectivity index (χ4v) is 4.66. The van der Waals surface area contributed by atoms with Crippen LogP contribution in [0.5, 0.6) is 0 Å². The van der Waals surface area contributed by atoms with Gasteiger partial charge in [-0.15, -0.1) is 0 Å². The summed E-state index contributed by atoms with van der Waals surface area (Å²) in [5.41, 5.74) is 0. The van der Waals surface area contributed by atoms with Crippen LogP contribution in [0.4, 0.5) is 0 Å². The monoisotopic (exact) mass is 365 g/mol. The molecule has 6 nitrogen and oxygen atoms in total. The summed E-state index contributed by atoms with van der Waals surface area (Å²) in [7, 11) is 1.89. The number of aliphatic imine (C=N–C) groups is 1. The number of likely N-dealkylation sites (tertiary alicyclic amines) is 2. The molecular formula is C20H39N5O. The van der Waals surface area contributed by atoms with Crippen LogP contribution in [0.3, 0.4) is 0 Å². The van der Waals surface area contributed by atoms with Crippen molar-refractivity contribution in [1.29, 1.82) is 0 Å². The zero-order valence-electron chi connectivity index (χ0n) is 16.9. The van der Waals surface area contributed by atoms with Crippen molar-refractivity contribution < 1.29 is 4.74 Å². The zero-order valence-corrected chi connectivity index (χ0v) is 16.9. The lowest BCUT2D eigenvalue weighted by Gasteiger charge is -2.36. The molecule has 2 unspecified atom stereocenters. The molecule has 0 amide bonds. The second kappa shape index (κ2) is 10.5. The first-order chi connectivity index (χ1) is 12.8. The largest absolute Gasteiger partial charge is 0.381 e. The van der Waals surface area contributed by atoms with E-state index in [0.717, 1.165) is 38.2 Å². The number of hydrogen-bond donors (Lipinski definition) is 2. The predicted molar refractivity (Wildman–Crippen MR) is 108 cm³/mol. The van der Waals surface area contributed by atoms with Crippen LogP contribution in [-0.4, -0.2) is 87.4 Å². The van der Waals surface area contributed by atoms with Crippen LogP contribution in [0.2, 0.25) is 0 Å². The summed E-state index contributed by atoms with van der Waals surface area (Å²) in [6.07, 6.45) is 7.67. The Balaban J connectivity index is 1.36. The Morgan fingerprint density at radius 1 is 1.12 bits per heavy atom. The Bertz CT molecular complexity index is 430. The van der Waals surface area contributed by atoms with E-state index in [4.69, 9.17) is 4.74 Å². The summed E-state index contributed by atoms with van der Waals surface area (Å²) in [6.45, 7) is 11.2. The Morgan fingerprint density at radius 2 is 1.96 bits per heavy atom. The minimum absolute atomic E-state index is 0.547. The Kier molecular flexibility index (Phi) is 8.02. The molecule has 0 aromatic heterocycles. The minimum atomic E-state index is 0.547. The lowest BCUT2D eigenvalue weighted by atomic mass is 10.0. The van der Waals surface area contributed by atoms with Gasteiger partial charge in [0.25, 0.3) is 0 Å². The molecule has 150 valence electrons. The summed E-state index contributed by atoms with van der Waals surface area (Å²) in [4.78, 5) is 9.69. The molecule has 0 aromatic carbocycles. The normalized spacial score (nSPS) is 29.8. The first kappa shape index (κ1) is 19.9. The Labute approximate surface area is 159 Å². The van der Waals surface area contributed by atoms with Gasteiger partial charge < -0.3 is 20.3 Å². The molecule has 3 fully saturated rings. The summed E-state index contributed by atoms with van der Waals surface area (Å²) in [6, 6.07) is 1.20. The fraction of sp³-hybridized carbons (Fsp3) is 0.950. The van der Waals surface area contributed by atoms with Crippen molar-refractivity contribution in [2.45, 2.75) is 57.5 Å². The van der Waals surface area contributed by atoms with Gasteiger partial charge in [0, 0.05) is 51.9 Å². The number of guanidine groups is 1. The standard InChI is InChI=1S/C20H39N5O/c1-3-25-10-5-4-6-19(25)14-22-20(21-2)23-18-7-11-24(12-8-18)15-17-9-13-26-16-17/h17-19H,3-16H2,1-2H3,(H2,21,22,23). The first-order valence-corrected chi connectivity index (χ1v) is 10.8. The van der Waals surface area contributed by atoms with Crippen LogP contribution in [0, 0.1) is 5.92 Å².